The zero-order valence-corrected chi connectivity index (χ0v) is 14.6. The van der Waals surface area contributed by atoms with Gasteiger partial charge in [-0.2, -0.15) is 0 Å². The molecule has 1 aliphatic heterocycles. The van der Waals surface area contributed by atoms with E-state index in [9.17, 15) is 8.42 Å². The average molecular weight is 335 g/mol. The lowest BCUT2D eigenvalue weighted by Gasteiger charge is -2.18. The van der Waals surface area contributed by atoms with Gasteiger partial charge >= 0.3 is 0 Å². The standard InChI is InChI=1S/C17H25N3O2S/c1-20-9-3-4-15(20)11-14-12-18-17-6-5-13(10-16(14)17)7-8-19-23(2,21)22/h5-6,10,12,15,18-19H,3-4,7-9,11H2,1-2H3/t15-/m1/s1. The maximum Gasteiger partial charge on any atom is 0.208 e. The molecular formula is C17H25N3O2S. The van der Waals surface area contributed by atoms with Crippen molar-refractivity contribution in [3.8, 4) is 0 Å². The lowest BCUT2D eigenvalue weighted by molar-refractivity contribution is 0.310. The van der Waals surface area contributed by atoms with Crippen LogP contribution in [0.2, 0.25) is 0 Å². The van der Waals surface area contributed by atoms with Gasteiger partial charge in [-0.15, -0.1) is 0 Å². The number of fused-ring (bicyclic) bond motifs is 1. The number of sulfonamides is 1. The molecule has 2 aromatic rings. The molecule has 2 N–H and O–H groups in total. The van der Waals surface area contributed by atoms with Crippen molar-refractivity contribution < 1.29 is 8.42 Å². The number of rotatable bonds is 6. The van der Waals surface area contributed by atoms with Crippen molar-refractivity contribution in [2.45, 2.75) is 31.7 Å². The van der Waals surface area contributed by atoms with Gasteiger partial charge in [0.25, 0.3) is 0 Å². The summed E-state index contributed by atoms with van der Waals surface area (Å²) in [5.41, 5.74) is 3.67. The molecule has 3 rings (SSSR count). The summed E-state index contributed by atoms with van der Waals surface area (Å²) in [6, 6.07) is 6.98. The second-order valence-corrected chi connectivity index (χ2v) is 8.42. The van der Waals surface area contributed by atoms with Gasteiger partial charge in [0.1, 0.15) is 0 Å². The summed E-state index contributed by atoms with van der Waals surface area (Å²) in [7, 11) is -0.914. The van der Waals surface area contributed by atoms with E-state index in [4.69, 9.17) is 0 Å². The zero-order valence-electron chi connectivity index (χ0n) is 13.8. The van der Waals surface area contributed by atoms with Crippen LogP contribution in [0.4, 0.5) is 0 Å². The minimum atomic E-state index is -3.12. The summed E-state index contributed by atoms with van der Waals surface area (Å²) in [4.78, 5) is 5.80. The molecule has 0 aliphatic carbocycles. The molecular weight excluding hydrogens is 310 g/mol. The highest BCUT2D eigenvalue weighted by atomic mass is 32.2. The van der Waals surface area contributed by atoms with Crippen LogP contribution in [0.15, 0.2) is 24.4 Å². The Morgan fingerprint density at radius 3 is 2.91 bits per heavy atom. The molecule has 1 atom stereocenters. The van der Waals surface area contributed by atoms with E-state index < -0.39 is 10.0 Å². The Bertz CT molecular complexity index is 782. The summed E-state index contributed by atoms with van der Waals surface area (Å²) in [6.07, 6.45) is 7.64. The van der Waals surface area contributed by atoms with Crippen molar-refractivity contribution in [2.75, 3.05) is 26.4 Å². The van der Waals surface area contributed by atoms with Crippen LogP contribution in [0.1, 0.15) is 24.0 Å². The van der Waals surface area contributed by atoms with Crippen LogP contribution in [0.25, 0.3) is 10.9 Å². The van der Waals surface area contributed by atoms with Gasteiger partial charge in [0, 0.05) is 29.7 Å². The van der Waals surface area contributed by atoms with Crippen LogP contribution in [-0.2, 0) is 22.9 Å². The van der Waals surface area contributed by atoms with E-state index in [1.807, 2.05) is 0 Å². The number of H-pyrrole nitrogens is 1. The molecule has 1 aliphatic rings. The lowest BCUT2D eigenvalue weighted by Crippen LogP contribution is -2.26. The van der Waals surface area contributed by atoms with Crippen molar-refractivity contribution in [3.63, 3.8) is 0 Å². The fourth-order valence-electron chi connectivity index (χ4n) is 3.42. The fourth-order valence-corrected chi connectivity index (χ4v) is 3.89. The van der Waals surface area contributed by atoms with Crippen LogP contribution in [0.3, 0.4) is 0 Å². The summed E-state index contributed by atoms with van der Waals surface area (Å²) < 4.78 is 24.8. The van der Waals surface area contributed by atoms with E-state index in [-0.39, 0.29) is 0 Å². The van der Waals surface area contributed by atoms with Crippen LogP contribution in [0.5, 0.6) is 0 Å². The molecule has 1 aromatic carbocycles. The van der Waals surface area contributed by atoms with E-state index in [1.54, 1.807) is 0 Å². The van der Waals surface area contributed by atoms with Crippen molar-refractivity contribution in [3.05, 3.63) is 35.5 Å². The van der Waals surface area contributed by atoms with Gasteiger partial charge in [-0.3, -0.25) is 0 Å². The van der Waals surface area contributed by atoms with Crippen molar-refractivity contribution >= 4 is 20.9 Å². The van der Waals surface area contributed by atoms with Crippen LogP contribution >= 0.6 is 0 Å². The third-order valence-electron chi connectivity index (χ3n) is 4.74. The molecule has 0 amide bonds. The predicted octanol–water partition coefficient (Wildman–Crippen LogP) is 1.90. The smallest absolute Gasteiger partial charge is 0.208 e. The van der Waals surface area contributed by atoms with E-state index in [2.05, 4.69) is 46.0 Å². The number of likely N-dealkylation sites (N-methyl/N-ethyl adjacent to an activating group) is 1. The quantitative estimate of drug-likeness (QED) is 0.847. The number of hydrogen-bond donors (Lipinski definition) is 2. The summed E-state index contributed by atoms with van der Waals surface area (Å²) in [5, 5.41) is 1.27. The van der Waals surface area contributed by atoms with Gasteiger partial charge < -0.3 is 9.88 Å². The molecule has 1 fully saturated rings. The summed E-state index contributed by atoms with van der Waals surface area (Å²) in [6.45, 7) is 1.63. The molecule has 0 spiro atoms. The third-order valence-corrected chi connectivity index (χ3v) is 5.47. The topological polar surface area (TPSA) is 65.2 Å². The molecule has 126 valence electrons. The first-order chi connectivity index (χ1) is 10.9. The number of benzene rings is 1. The Balaban J connectivity index is 1.74. The molecule has 0 unspecified atom stereocenters. The van der Waals surface area contributed by atoms with Gasteiger partial charge in [0.05, 0.1) is 6.26 Å². The number of likely N-dealkylation sites (tertiary alicyclic amines) is 1. The SMILES string of the molecule is CN1CCC[C@@H]1Cc1c[nH]c2ccc(CCNS(C)(=O)=O)cc12. The molecule has 1 aromatic heterocycles. The van der Waals surface area contributed by atoms with E-state index in [0.717, 1.165) is 17.5 Å². The van der Waals surface area contributed by atoms with Crippen LogP contribution < -0.4 is 4.72 Å². The van der Waals surface area contributed by atoms with Crippen molar-refractivity contribution in [1.29, 1.82) is 0 Å². The molecule has 1 saturated heterocycles. The van der Waals surface area contributed by atoms with Gasteiger partial charge in [0.2, 0.25) is 10.0 Å². The van der Waals surface area contributed by atoms with Gasteiger partial charge in [-0.05, 0) is 62.5 Å². The minimum absolute atomic E-state index is 0.440. The maximum absolute atomic E-state index is 11.1. The maximum atomic E-state index is 11.1. The predicted molar refractivity (Wildman–Crippen MR) is 94.2 cm³/mol. The Hall–Kier alpha value is -1.37. The second kappa shape index (κ2) is 6.63. The van der Waals surface area contributed by atoms with Gasteiger partial charge in [-0.25, -0.2) is 13.1 Å². The minimum Gasteiger partial charge on any atom is -0.361 e. The van der Waals surface area contributed by atoms with E-state index in [1.165, 1.54) is 36.6 Å². The van der Waals surface area contributed by atoms with Crippen LogP contribution in [-0.4, -0.2) is 50.7 Å². The molecule has 0 radical (unpaired) electrons. The summed E-state index contributed by atoms with van der Waals surface area (Å²) in [5.74, 6) is 0. The molecule has 0 bridgehead atoms. The summed E-state index contributed by atoms with van der Waals surface area (Å²) >= 11 is 0. The monoisotopic (exact) mass is 335 g/mol. The van der Waals surface area contributed by atoms with E-state index in [0.29, 0.717) is 19.0 Å². The van der Waals surface area contributed by atoms with Gasteiger partial charge in [-0.1, -0.05) is 6.07 Å². The molecule has 6 heteroatoms. The highest BCUT2D eigenvalue weighted by Gasteiger charge is 2.22. The Morgan fingerprint density at radius 2 is 2.22 bits per heavy atom. The number of nitrogens with zero attached hydrogens (tertiary/aromatic N) is 1. The molecule has 0 saturated carbocycles. The molecule has 5 nitrogen and oxygen atoms in total. The number of aromatic nitrogens is 1. The fraction of sp³-hybridized carbons (Fsp3) is 0.529. The normalized spacial score (nSPS) is 19.7. The molecule has 23 heavy (non-hydrogen) atoms. The first-order valence-corrected chi connectivity index (χ1v) is 10.1. The highest BCUT2D eigenvalue weighted by molar-refractivity contribution is 7.88. The largest absolute Gasteiger partial charge is 0.361 e. The van der Waals surface area contributed by atoms with Gasteiger partial charge in [0.15, 0.2) is 0 Å². The number of hydrogen-bond acceptors (Lipinski definition) is 3. The van der Waals surface area contributed by atoms with Crippen molar-refractivity contribution in [2.24, 2.45) is 0 Å². The first kappa shape index (κ1) is 16.5. The molecule has 2 heterocycles. The number of nitrogens with one attached hydrogen (secondary N) is 2. The second-order valence-electron chi connectivity index (χ2n) is 6.59. The average Bonchev–Trinajstić information content (AvgIpc) is 3.05. The first-order valence-electron chi connectivity index (χ1n) is 8.16. The Morgan fingerprint density at radius 1 is 1.39 bits per heavy atom. The third kappa shape index (κ3) is 4.13. The highest BCUT2D eigenvalue weighted by Crippen LogP contribution is 2.25. The Labute approximate surface area is 138 Å². The van der Waals surface area contributed by atoms with E-state index >= 15 is 0 Å². The van der Waals surface area contributed by atoms with Crippen LogP contribution in [0, 0.1) is 0 Å². The van der Waals surface area contributed by atoms with Crippen molar-refractivity contribution in [1.82, 2.24) is 14.6 Å². The Kier molecular flexibility index (Phi) is 4.75. The number of aromatic amines is 1. The lowest BCUT2D eigenvalue weighted by atomic mass is 10.0. The zero-order chi connectivity index (χ0) is 16.4.